The minimum absolute atomic E-state index is 0.0698. The minimum atomic E-state index is 0.0698. The highest BCUT2D eigenvalue weighted by atomic mass is 16.5. The molecule has 0 saturated carbocycles. The second-order valence-electron chi connectivity index (χ2n) is 7.82. The predicted octanol–water partition coefficient (Wildman–Crippen LogP) is 2.97. The molecule has 6 nitrogen and oxygen atoms in total. The quantitative estimate of drug-likeness (QED) is 0.580. The average molecular weight is 372 g/mol. The summed E-state index contributed by atoms with van der Waals surface area (Å²) < 4.78 is 7.74. The number of rotatable bonds is 7. The van der Waals surface area contributed by atoms with Gasteiger partial charge < -0.3 is 19.9 Å². The Hall–Kier alpha value is -2.34. The van der Waals surface area contributed by atoms with Gasteiger partial charge in [-0.15, -0.1) is 0 Å². The fraction of sp³-hybridized carbons (Fsp3) is 0.524. The van der Waals surface area contributed by atoms with Gasteiger partial charge in [0.2, 0.25) is 0 Å². The Kier molecular flexibility index (Phi) is 7.42. The Balaban J connectivity index is 1.91. The molecule has 148 valence electrons. The molecule has 1 atom stereocenters. The molecule has 0 aliphatic carbocycles. The molecule has 0 aliphatic rings. The third kappa shape index (κ3) is 6.40. The molecule has 1 heterocycles. The Morgan fingerprint density at radius 1 is 1.26 bits per heavy atom. The largest absolute Gasteiger partial charge is 0.379 e. The first kappa shape index (κ1) is 21.0. The third-order valence-corrected chi connectivity index (χ3v) is 4.66. The topological polar surface area (TPSA) is 63.5 Å². The zero-order valence-corrected chi connectivity index (χ0v) is 17.4. The van der Waals surface area contributed by atoms with Gasteiger partial charge in [-0.25, -0.2) is 4.98 Å². The summed E-state index contributed by atoms with van der Waals surface area (Å²) in [7, 11) is 3.54. The monoisotopic (exact) mass is 371 g/mol. The Morgan fingerprint density at radius 3 is 2.59 bits per heavy atom. The lowest BCUT2D eigenvalue weighted by Crippen LogP contribution is -2.45. The first-order chi connectivity index (χ1) is 12.8. The molecule has 2 aromatic rings. The van der Waals surface area contributed by atoms with E-state index in [1.54, 1.807) is 14.2 Å². The van der Waals surface area contributed by atoms with Crippen LogP contribution in [0.2, 0.25) is 0 Å². The standard InChI is InChI=1S/C21H33N5O/c1-16-23-10-11-26(16)15-18-9-7-8-17(12-18)13-24-20(22-5)25-14-19(27-6)21(2,3)4/h7-12,19H,13-15H2,1-6H3,(H2,22,24,25). The number of nitrogens with zero attached hydrogens (tertiary/aromatic N) is 3. The van der Waals surface area contributed by atoms with E-state index in [4.69, 9.17) is 4.74 Å². The van der Waals surface area contributed by atoms with Crippen molar-refractivity contribution in [1.82, 2.24) is 20.2 Å². The van der Waals surface area contributed by atoms with Crippen LogP contribution in [0, 0.1) is 12.3 Å². The molecule has 6 heteroatoms. The van der Waals surface area contributed by atoms with Crippen LogP contribution in [0.25, 0.3) is 0 Å². The second kappa shape index (κ2) is 9.55. The third-order valence-electron chi connectivity index (χ3n) is 4.66. The molecular weight excluding hydrogens is 338 g/mol. The van der Waals surface area contributed by atoms with E-state index in [9.17, 15) is 0 Å². The van der Waals surface area contributed by atoms with Gasteiger partial charge in [0, 0.05) is 46.2 Å². The predicted molar refractivity (Wildman–Crippen MR) is 111 cm³/mol. The van der Waals surface area contributed by atoms with Crippen molar-refractivity contribution < 1.29 is 4.74 Å². The van der Waals surface area contributed by atoms with E-state index in [2.05, 4.69) is 70.2 Å². The Labute approximate surface area is 163 Å². The zero-order valence-electron chi connectivity index (χ0n) is 17.4. The molecule has 1 aromatic heterocycles. The van der Waals surface area contributed by atoms with E-state index in [0.717, 1.165) is 18.3 Å². The maximum Gasteiger partial charge on any atom is 0.191 e. The van der Waals surface area contributed by atoms with Gasteiger partial charge in [0.25, 0.3) is 0 Å². The number of guanidine groups is 1. The summed E-state index contributed by atoms with van der Waals surface area (Å²) in [4.78, 5) is 8.59. The van der Waals surface area contributed by atoms with Crippen LogP contribution in [0.3, 0.4) is 0 Å². The van der Waals surface area contributed by atoms with Crippen LogP contribution in [0.15, 0.2) is 41.7 Å². The van der Waals surface area contributed by atoms with Gasteiger partial charge in [0.1, 0.15) is 5.82 Å². The molecule has 1 unspecified atom stereocenters. The summed E-state index contributed by atoms with van der Waals surface area (Å²) in [5.41, 5.74) is 2.54. The molecule has 0 saturated heterocycles. The van der Waals surface area contributed by atoms with Crippen molar-refractivity contribution in [2.75, 3.05) is 20.7 Å². The number of hydrogen-bond acceptors (Lipinski definition) is 3. The van der Waals surface area contributed by atoms with Crippen molar-refractivity contribution in [3.63, 3.8) is 0 Å². The van der Waals surface area contributed by atoms with Gasteiger partial charge in [-0.3, -0.25) is 4.99 Å². The molecule has 0 bridgehead atoms. The number of imidazole rings is 1. The molecule has 0 radical (unpaired) electrons. The summed E-state index contributed by atoms with van der Waals surface area (Å²) in [6.45, 7) is 10.8. The molecule has 2 N–H and O–H groups in total. The number of aryl methyl sites for hydroxylation is 1. The van der Waals surface area contributed by atoms with E-state index in [1.165, 1.54) is 11.1 Å². The average Bonchev–Trinajstić information content (AvgIpc) is 3.02. The number of aromatic nitrogens is 2. The highest BCUT2D eigenvalue weighted by Crippen LogP contribution is 2.20. The highest BCUT2D eigenvalue weighted by molar-refractivity contribution is 5.79. The number of aliphatic imine (C=N–C) groups is 1. The second-order valence-corrected chi connectivity index (χ2v) is 7.82. The fourth-order valence-electron chi connectivity index (χ4n) is 2.94. The lowest BCUT2D eigenvalue weighted by molar-refractivity contribution is 0.0205. The smallest absolute Gasteiger partial charge is 0.191 e. The SMILES string of the molecule is CN=C(NCc1cccc(Cn2ccnc2C)c1)NCC(OC)C(C)(C)C. The van der Waals surface area contributed by atoms with Crippen molar-refractivity contribution in [2.24, 2.45) is 10.4 Å². The van der Waals surface area contributed by atoms with Crippen molar-refractivity contribution in [3.8, 4) is 0 Å². The van der Waals surface area contributed by atoms with Crippen LogP contribution >= 0.6 is 0 Å². The lowest BCUT2D eigenvalue weighted by atomic mass is 9.89. The first-order valence-electron chi connectivity index (χ1n) is 9.36. The van der Waals surface area contributed by atoms with Gasteiger partial charge in [-0.1, -0.05) is 45.0 Å². The van der Waals surface area contributed by atoms with E-state index >= 15 is 0 Å². The van der Waals surface area contributed by atoms with Crippen LogP contribution in [-0.4, -0.2) is 42.3 Å². The fourth-order valence-corrected chi connectivity index (χ4v) is 2.94. The summed E-state index contributed by atoms with van der Waals surface area (Å²) in [6, 6.07) is 8.57. The van der Waals surface area contributed by atoms with Gasteiger partial charge in [0.15, 0.2) is 5.96 Å². The normalized spacial score (nSPS) is 13.5. The van der Waals surface area contributed by atoms with Crippen LogP contribution < -0.4 is 10.6 Å². The number of ether oxygens (including phenoxy) is 1. The molecule has 0 spiro atoms. The zero-order chi connectivity index (χ0) is 19.9. The van der Waals surface area contributed by atoms with E-state index in [-0.39, 0.29) is 11.5 Å². The molecule has 1 aromatic carbocycles. The summed E-state index contributed by atoms with van der Waals surface area (Å²) in [5.74, 6) is 1.80. The van der Waals surface area contributed by atoms with Crippen LogP contribution in [-0.2, 0) is 17.8 Å². The summed E-state index contributed by atoms with van der Waals surface area (Å²) in [5, 5.41) is 6.74. The number of hydrogen-bond donors (Lipinski definition) is 2. The lowest BCUT2D eigenvalue weighted by Gasteiger charge is -2.30. The molecule has 0 aliphatic heterocycles. The van der Waals surface area contributed by atoms with Gasteiger partial charge >= 0.3 is 0 Å². The van der Waals surface area contributed by atoms with Gasteiger partial charge in [-0.2, -0.15) is 0 Å². The molecule has 0 fully saturated rings. The molecule has 2 rings (SSSR count). The van der Waals surface area contributed by atoms with Crippen LogP contribution in [0.5, 0.6) is 0 Å². The van der Waals surface area contributed by atoms with E-state index < -0.39 is 0 Å². The first-order valence-corrected chi connectivity index (χ1v) is 9.36. The van der Waals surface area contributed by atoms with Crippen LogP contribution in [0.1, 0.15) is 37.7 Å². The van der Waals surface area contributed by atoms with Crippen molar-refractivity contribution in [3.05, 3.63) is 53.6 Å². The summed E-state index contributed by atoms with van der Waals surface area (Å²) >= 11 is 0. The molecule has 27 heavy (non-hydrogen) atoms. The maximum absolute atomic E-state index is 5.60. The number of nitrogens with one attached hydrogen (secondary N) is 2. The number of benzene rings is 1. The summed E-state index contributed by atoms with van der Waals surface area (Å²) in [6.07, 6.45) is 3.95. The number of methoxy groups -OCH3 is 1. The van der Waals surface area contributed by atoms with Crippen molar-refractivity contribution in [1.29, 1.82) is 0 Å². The maximum atomic E-state index is 5.60. The van der Waals surface area contributed by atoms with E-state index in [0.29, 0.717) is 13.1 Å². The van der Waals surface area contributed by atoms with Gasteiger partial charge in [0.05, 0.1) is 6.10 Å². The van der Waals surface area contributed by atoms with E-state index in [1.807, 2.05) is 19.3 Å². The molecule has 0 amide bonds. The highest BCUT2D eigenvalue weighted by Gasteiger charge is 2.24. The van der Waals surface area contributed by atoms with Crippen molar-refractivity contribution >= 4 is 5.96 Å². The van der Waals surface area contributed by atoms with Gasteiger partial charge in [-0.05, 0) is 23.5 Å². The molecular formula is C21H33N5O. The minimum Gasteiger partial charge on any atom is -0.379 e. The Bertz CT molecular complexity index is 745. The Morgan fingerprint density at radius 2 is 2.00 bits per heavy atom. The van der Waals surface area contributed by atoms with Crippen LogP contribution in [0.4, 0.5) is 0 Å². The van der Waals surface area contributed by atoms with Crippen molar-refractivity contribution in [2.45, 2.75) is 46.9 Å².